The van der Waals surface area contributed by atoms with Crippen molar-refractivity contribution in [3.63, 3.8) is 0 Å². The number of benzene rings is 2. The molecule has 0 bridgehead atoms. The Morgan fingerprint density at radius 2 is 1.81 bits per heavy atom. The number of aliphatic hydroxyl groups is 2. The highest BCUT2D eigenvalue weighted by Crippen LogP contribution is 2.36. The van der Waals surface area contributed by atoms with Crippen molar-refractivity contribution in [1.29, 1.82) is 0 Å². The van der Waals surface area contributed by atoms with Gasteiger partial charge in [0.05, 0.1) is 6.54 Å². The maximum atomic E-state index is 14.0. The number of halogens is 4. The van der Waals surface area contributed by atoms with E-state index in [0.29, 0.717) is 0 Å². The van der Waals surface area contributed by atoms with Gasteiger partial charge in [-0.3, -0.25) is 4.79 Å². The van der Waals surface area contributed by atoms with Gasteiger partial charge in [0.1, 0.15) is 0 Å². The van der Waals surface area contributed by atoms with Gasteiger partial charge in [-0.05, 0) is 29.8 Å². The fourth-order valence-electron chi connectivity index (χ4n) is 3.40. The molecule has 162 valence electrons. The van der Waals surface area contributed by atoms with Crippen molar-refractivity contribution in [3.05, 3.63) is 76.5 Å². The molecule has 31 heavy (non-hydrogen) atoms. The highest BCUT2D eigenvalue weighted by Gasteiger charge is 2.35. The molecule has 1 amide bonds. The van der Waals surface area contributed by atoms with Crippen molar-refractivity contribution >= 4 is 17.6 Å². The van der Waals surface area contributed by atoms with Crippen LogP contribution in [0.5, 0.6) is 0 Å². The number of amides is 1. The van der Waals surface area contributed by atoms with Crippen LogP contribution in [0.25, 0.3) is 0 Å². The van der Waals surface area contributed by atoms with Crippen LogP contribution >= 0.6 is 0 Å². The number of nitrogens with one attached hydrogen (secondary N) is 1. The van der Waals surface area contributed by atoms with E-state index < -0.39 is 41.6 Å². The van der Waals surface area contributed by atoms with E-state index in [1.165, 1.54) is 19.2 Å². The lowest BCUT2D eigenvalue weighted by molar-refractivity contribution is 0.0304. The van der Waals surface area contributed by atoms with E-state index in [2.05, 4.69) is 10.3 Å². The quantitative estimate of drug-likeness (QED) is 0.509. The maximum absolute atomic E-state index is 14.0. The van der Waals surface area contributed by atoms with Gasteiger partial charge >= 0.3 is 0 Å². The normalized spacial score (nSPS) is 20.5. The van der Waals surface area contributed by atoms with Crippen LogP contribution in [0.1, 0.15) is 27.7 Å². The van der Waals surface area contributed by atoms with Crippen molar-refractivity contribution in [2.24, 2.45) is 4.99 Å². The molecule has 0 spiro atoms. The fourth-order valence-corrected chi connectivity index (χ4v) is 3.40. The summed E-state index contributed by atoms with van der Waals surface area (Å²) < 4.78 is 54.4. The number of nitrogens with zero attached hydrogens (tertiary/aromatic N) is 3. The molecular weight excluding hydrogens is 420 g/mol. The minimum atomic E-state index is -1.83. The Balaban J connectivity index is 1.68. The lowest BCUT2D eigenvalue weighted by Crippen LogP contribution is -2.37. The highest BCUT2D eigenvalue weighted by molar-refractivity contribution is 6.03. The largest absolute Gasteiger partial charge is 0.369 e. The summed E-state index contributed by atoms with van der Waals surface area (Å²) >= 11 is 0. The number of guanidine groups is 1. The molecule has 0 saturated carbocycles. The first-order valence-corrected chi connectivity index (χ1v) is 9.05. The van der Waals surface area contributed by atoms with Crippen LogP contribution in [-0.2, 0) is 6.54 Å². The van der Waals surface area contributed by atoms with Crippen LogP contribution in [0.4, 0.5) is 23.2 Å². The zero-order chi connectivity index (χ0) is 22.4. The van der Waals surface area contributed by atoms with Crippen LogP contribution in [-0.4, -0.2) is 45.2 Å². The van der Waals surface area contributed by atoms with Crippen molar-refractivity contribution in [1.82, 2.24) is 9.80 Å². The van der Waals surface area contributed by atoms with Gasteiger partial charge in [-0.15, -0.1) is 0 Å². The molecule has 3 N–H and O–H groups in total. The second-order valence-corrected chi connectivity index (χ2v) is 7.02. The zero-order valence-corrected chi connectivity index (χ0v) is 16.0. The van der Waals surface area contributed by atoms with E-state index >= 15 is 0 Å². The lowest BCUT2D eigenvalue weighted by atomic mass is 10.1. The van der Waals surface area contributed by atoms with Crippen LogP contribution in [0, 0.1) is 17.5 Å². The predicted octanol–water partition coefficient (Wildman–Crippen LogP) is 2.59. The summed E-state index contributed by atoms with van der Waals surface area (Å²) in [5.74, 6) is -6.00. The van der Waals surface area contributed by atoms with Crippen LogP contribution in [0.3, 0.4) is 0 Å². The Hall–Kier alpha value is -3.44. The number of hydrogen-bond acceptors (Lipinski definition) is 6. The zero-order valence-electron chi connectivity index (χ0n) is 16.0. The summed E-state index contributed by atoms with van der Waals surface area (Å²) in [6.07, 6.45) is -2.21. The molecule has 2 atom stereocenters. The first kappa shape index (κ1) is 20.8. The molecule has 2 aromatic carbocycles. The number of fused-ring (bicyclic) bond motifs is 1. The summed E-state index contributed by atoms with van der Waals surface area (Å²) in [7, 11) is 1.42. The third-order valence-electron chi connectivity index (χ3n) is 4.97. The summed E-state index contributed by atoms with van der Waals surface area (Å²) in [6, 6.07) is 6.12. The maximum Gasteiger partial charge on any atom is 0.256 e. The molecule has 11 heteroatoms. The molecule has 0 saturated heterocycles. The number of carbonyl (C=O) groups is 1. The Morgan fingerprint density at radius 3 is 2.48 bits per heavy atom. The minimum Gasteiger partial charge on any atom is -0.369 e. The van der Waals surface area contributed by atoms with E-state index in [4.69, 9.17) is 0 Å². The van der Waals surface area contributed by atoms with Crippen LogP contribution in [0.2, 0.25) is 0 Å². The summed E-state index contributed by atoms with van der Waals surface area (Å²) in [4.78, 5) is 18.3. The first-order valence-electron chi connectivity index (χ1n) is 9.05. The first-order chi connectivity index (χ1) is 14.7. The fraction of sp³-hybridized carbons (Fsp3) is 0.200. The van der Waals surface area contributed by atoms with Gasteiger partial charge in [0.15, 0.2) is 29.5 Å². The SMILES string of the molecule is CN1C(=O)c2cccc(NC3=NC(O)C(F)=CN3Cc3cc(F)c(F)c(F)c3)c2C1O. The molecule has 0 fully saturated rings. The Morgan fingerprint density at radius 1 is 1.13 bits per heavy atom. The lowest BCUT2D eigenvalue weighted by Gasteiger charge is -2.28. The van der Waals surface area contributed by atoms with E-state index in [1.54, 1.807) is 6.07 Å². The second kappa shape index (κ2) is 7.67. The number of carbonyl (C=O) groups excluding carboxylic acids is 1. The number of rotatable bonds is 3. The van der Waals surface area contributed by atoms with Crippen LogP contribution in [0.15, 0.2) is 47.4 Å². The standard InChI is InChI=1S/C20H16F4N4O3/c1-27-18(30)10-3-2-4-14(15(10)19(27)31)25-20-26-17(29)13(23)8-28(20)7-9-5-11(21)16(24)12(22)6-9/h2-6,8,17,19,29,31H,7H2,1H3,(H,25,26). The Kier molecular flexibility index (Phi) is 5.15. The molecule has 4 rings (SSSR count). The van der Waals surface area contributed by atoms with Crippen molar-refractivity contribution in [3.8, 4) is 0 Å². The van der Waals surface area contributed by atoms with Gasteiger partial charge in [0.25, 0.3) is 5.91 Å². The molecule has 7 nitrogen and oxygen atoms in total. The summed E-state index contributed by atoms with van der Waals surface area (Å²) in [5.41, 5.74) is 0.722. The van der Waals surface area contributed by atoms with Gasteiger partial charge in [-0.1, -0.05) is 6.07 Å². The van der Waals surface area contributed by atoms with Crippen LogP contribution < -0.4 is 5.32 Å². The highest BCUT2D eigenvalue weighted by atomic mass is 19.2. The topological polar surface area (TPSA) is 88.4 Å². The smallest absolute Gasteiger partial charge is 0.256 e. The predicted molar refractivity (Wildman–Crippen MR) is 102 cm³/mol. The van der Waals surface area contributed by atoms with Gasteiger partial charge in [0.2, 0.25) is 12.2 Å². The third kappa shape index (κ3) is 3.62. The third-order valence-corrected chi connectivity index (χ3v) is 4.97. The van der Waals surface area contributed by atoms with Crippen molar-refractivity contribution in [2.75, 3.05) is 12.4 Å². The molecule has 2 unspecified atom stereocenters. The number of aliphatic hydroxyl groups excluding tert-OH is 2. The van der Waals surface area contributed by atoms with Gasteiger partial charge in [0, 0.05) is 30.1 Å². The monoisotopic (exact) mass is 436 g/mol. The van der Waals surface area contributed by atoms with Gasteiger partial charge in [-0.2, -0.15) is 0 Å². The molecule has 2 aromatic rings. The average Bonchev–Trinajstić information content (AvgIpc) is 2.95. The molecule has 0 radical (unpaired) electrons. The van der Waals surface area contributed by atoms with Gasteiger partial charge < -0.3 is 25.3 Å². The van der Waals surface area contributed by atoms with Crippen molar-refractivity contribution in [2.45, 2.75) is 19.0 Å². The summed E-state index contributed by atoms with van der Waals surface area (Å²) in [5, 5.41) is 23.0. The number of anilines is 1. The molecule has 2 aliphatic rings. The number of hydrogen-bond donors (Lipinski definition) is 3. The minimum absolute atomic E-state index is 0.0282. The second-order valence-electron chi connectivity index (χ2n) is 7.02. The average molecular weight is 436 g/mol. The van der Waals surface area contributed by atoms with E-state index in [1.807, 2.05) is 0 Å². The molecular formula is C20H16F4N4O3. The summed E-state index contributed by atoms with van der Waals surface area (Å²) in [6.45, 7) is -0.323. The number of aliphatic imine (C=N–C) groups is 1. The van der Waals surface area contributed by atoms with Gasteiger partial charge in [-0.25, -0.2) is 22.6 Å². The molecule has 0 aliphatic carbocycles. The van der Waals surface area contributed by atoms with Crippen molar-refractivity contribution < 1.29 is 32.6 Å². The van der Waals surface area contributed by atoms with E-state index in [-0.39, 0.29) is 34.9 Å². The van der Waals surface area contributed by atoms with E-state index in [9.17, 15) is 32.6 Å². The molecule has 2 aliphatic heterocycles. The molecule has 0 aromatic heterocycles. The Labute approximate surface area is 173 Å². The Bertz CT molecular complexity index is 1110. The van der Waals surface area contributed by atoms with E-state index in [0.717, 1.165) is 28.1 Å². The molecule has 2 heterocycles.